The van der Waals surface area contributed by atoms with Crippen molar-refractivity contribution in [2.75, 3.05) is 7.11 Å². The van der Waals surface area contributed by atoms with Crippen LogP contribution < -0.4 is 28.3 Å². The number of carbonyl (C=O) groups is 1. The summed E-state index contributed by atoms with van der Waals surface area (Å²) in [5, 5.41) is 0. The Morgan fingerprint density at radius 1 is 0.821 bits per heavy atom. The summed E-state index contributed by atoms with van der Waals surface area (Å²) in [5.41, 5.74) is 0.607. The van der Waals surface area contributed by atoms with Crippen LogP contribution in [-0.2, 0) is 16.2 Å². The van der Waals surface area contributed by atoms with Gasteiger partial charge in [-0.2, -0.15) is 13.2 Å². The Labute approximate surface area is 236 Å². The Hall–Kier alpha value is -3.71. The molecule has 0 aliphatic rings. The van der Waals surface area contributed by atoms with Gasteiger partial charge in [0.25, 0.3) is 0 Å². The number of nitrogens with zero attached hydrogens (tertiary/aromatic N) is 1. The number of halogens is 3. The zero-order chi connectivity index (χ0) is 27.5. The van der Waals surface area contributed by atoms with E-state index in [1.807, 2.05) is 19.1 Å². The van der Waals surface area contributed by atoms with Gasteiger partial charge in [-0.05, 0) is 43.3 Å². The van der Waals surface area contributed by atoms with Crippen LogP contribution in [0.2, 0.25) is 0 Å². The minimum absolute atomic E-state index is 0. The largest absolute Gasteiger partial charge is 1.00 e. The van der Waals surface area contributed by atoms with Crippen LogP contribution >= 0.6 is 0 Å². The molecule has 4 aromatic rings. The first-order chi connectivity index (χ1) is 18.0. The van der Waals surface area contributed by atoms with Gasteiger partial charge in [0.1, 0.15) is 27.3 Å². The van der Waals surface area contributed by atoms with Gasteiger partial charge < -0.3 is 14.2 Å². The summed E-state index contributed by atoms with van der Waals surface area (Å²) >= 11 is 0. The molecular formula is C28H21F3LiNO5S. The molecule has 196 valence electrons. The van der Waals surface area contributed by atoms with Crippen molar-refractivity contribution in [2.24, 2.45) is 0 Å². The standard InChI is InChI=1S/C28H21F3NO5S.Li/c1-18-6-8-19(9-7-18)27(33)20-10-12-23(13-11-20)37-24-14-15-25(36-2)26(17-24)38(34,35)32-22-5-3-4-21(16-22)28(29,30)31;/h3-17H,1-2H3;/q-1;+1. The predicted molar refractivity (Wildman–Crippen MR) is 136 cm³/mol. The van der Waals surface area contributed by atoms with Crippen LogP contribution in [0.25, 0.3) is 4.72 Å². The van der Waals surface area contributed by atoms with Crippen LogP contribution in [0.5, 0.6) is 17.2 Å². The Balaban J connectivity index is 0.00000420. The molecule has 0 saturated heterocycles. The van der Waals surface area contributed by atoms with Crippen molar-refractivity contribution in [3.8, 4) is 17.2 Å². The van der Waals surface area contributed by atoms with Gasteiger partial charge in [0.05, 0.1) is 17.6 Å². The first-order valence-corrected chi connectivity index (χ1v) is 12.6. The number of methoxy groups -OCH3 is 1. The van der Waals surface area contributed by atoms with E-state index in [9.17, 15) is 26.4 Å². The Morgan fingerprint density at radius 2 is 1.41 bits per heavy atom. The van der Waals surface area contributed by atoms with Gasteiger partial charge in [0.15, 0.2) is 5.78 Å². The second-order valence-electron chi connectivity index (χ2n) is 8.25. The van der Waals surface area contributed by atoms with E-state index in [1.54, 1.807) is 36.4 Å². The van der Waals surface area contributed by atoms with E-state index in [0.717, 1.165) is 29.8 Å². The van der Waals surface area contributed by atoms with E-state index in [0.29, 0.717) is 22.9 Å². The van der Waals surface area contributed by atoms with Crippen LogP contribution in [0.1, 0.15) is 27.0 Å². The molecular weight excluding hydrogens is 526 g/mol. The number of ether oxygens (including phenoxy) is 2. The number of hydrogen-bond acceptors (Lipinski definition) is 5. The molecule has 0 fully saturated rings. The molecule has 4 aromatic carbocycles. The summed E-state index contributed by atoms with van der Waals surface area (Å²) in [4.78, 5) is 12.3. The number of benzene rings is 4. The molecule has 6 nitrogen and oxygen atoms in total. The SMILES string of the molecule is COc1ccc(Oc2ccc(C(=O)c3ccc(C)cc3)cc2)cc1S(=O)(=O)[N-]c1cccc(C(F)(F)F)c1.[Li+]. The van der Waals surface area contributed by atoms with Crippen LogP contribution in [0.15, 0.2) is 95.9 Å². The zero-order valence-electron chi connectivity index (χ0n) is 21.2. The van der Waals surface area contributed by atoms with Crippen LogP contribution in [0.3, 0.4) is 0 Å². The first-order valence-electron chi connectivity index (χ1n) is 11.2. The molecule has 0 N–H and O–H groups in total. The molecule has 0 saturated carbocycles. The maximum atomic E-state index is 13.0. The average Bonchev–Trinajstić information content (AvgIpc) is 2.88. The third kappa shape index (κ3) is 7.24. The summed E-state index contributed by atoms with van der Waals surface area (Å²) in [5.74, 6) is 0.215. The number of rotatable bonds is 8. The van der Waals surface area contributed by atoms with Crippen LogP contribution in [0, 0.1) is 6.92 Å². The minimum Gasteiger partial charge on any atom is -0.573 e. The zero-order valence-corrected chi connectivity index (χ0v) is 22.0. The molecule has 4 rings (SSSR count). The number of carbonyl (C=O) groups excluding carboxylic acids is 1. The van der Waals surface area contributed by atoms with Gasteiger partial charge in [-0.15, -0.1) is 5.69 Å². The molecule has 0 aliphatic carbocycles. The number of hydrogen-bond donors (Lipinski definition) is 0. The summed E-state index contributed by atoms with van der Waals surface area (Å²) < 4.78 is 79.5. The normalized spacial score (nSPS) is 11.3. The predicted octanol–water partition coefficient (Wildman–Crippen LogP) is 4.44. The van der Waals surface area contributed by atoms with Gasteiger partial charge >= 0.3 is 25.0 Å². The number of ketones is 1. The maximum Gasteiger partial charge on any atom is 1.00 e. The van der Waals surface area contributed by atoms with E-state index < -0.39 is 21.8 Å². The van der Waals surface area contributed by atoms with E-state index in [1.165, 1.54) is 19.2 Å². The van der Waals surface area contributed by atoms with Crippen molar-refractivity contribution in [3.05, 3.63) is 118 Å². The molecule has 0 aromatic heterocycles. The molecule has 39 heavy (non-hydrogen) atoms. The fourth-order valence-electron chi connectivity index (χ4n) is 3.53. The topological polar surface area (TPSA) is 83.8 Å². The molecule has 0 radical (unpaired) electrons. The molecule has 0 aliphatic heterocycles. The second kappa shape index (κ2) is 12.0. The fourth-order valence-corrected chi connectivity index (χ4v) is 4.69. The van der Waals surface area contributed by atoms with Crippen LogP contribution in [0.4, 0.5) is 18.9 Å². The van der Waals surface area contributed by atoms with Gasteiger partial charge in [-0.25, -0.2) is 8.42 Å². The minimum atomic E-state index is -4.65. The summed E-state index contributed by atoms with van der Waals surface area (Å²) in [6.07, 6.45) is -4.65. The van der Waals surface area contributed by atoms with E-state index in [4.69, 9.17) is 9.47 Å². The van der Waals surface area contributed by atoms with Crippen molar-refractivity contribution in [2.45, 2.75) is 18.0 Å². The van der Waals surface area contributed by atoms with Gasteiger partial charge in [-0.1, -0.05) is 54.1 Å². The third-order valence-corrected chi connectivity index (χ3v) is 6.80. The monoisotopic (exact) mass is 547 g/mol. The van der Waals surface area contributed by atoms with E-state index in [-0.39, 0.29) is 46.7 Å². The smallest absolute Gasteiger partial charge is 0.573 e. The molecule has 0 spiro atoms. The quantitative estimate of drug-likeness (QED) is 0.241. The molecule has 0 bridgehead atoms. The average molecular weight is 547 g/mol. The maximum absolute atomic E-state index is 13.0. The molecule has 0 unspecified atom stereocenters. The molecule has 11 heteroatoms. The van der Waals surface area contributed by atoms with E-state index in [2.05, 4.69) is 4.72 Å². The fraction of sp³-hybridized carbons (Fsp3) is 0.107. The third-order valence-electron chi connectivity index (χ3n) is 5.48. The van der Waals surface area contributed by atoms with Crippen LogP contribution in [-0.4, -0.2) is 21.3 Å². The Kier molecular flexibility index (Phi) is 9.17. The van der Waals surface area contributed by atoms with Crippen molar-refractivity contribution in [3.63, 3.8) is 0 Å². The number of sulfonamides is 1. The van der Waals surface area contributed by atoms with Crippen molar-refractivity contribution in [1.29, 1.82) is 0 Å². The summed E-state index contributed by atoms with van der Waals surface area (Å²) in [6, 6.07) is 21.1. The number of alkyl halides is 3. The van der Waals surface area contributed by atoms with Gasteiger partial charge in [0, 0.05) is 17.2 Å². The van der Waals surface area contributed by atoms with Gasteiger partial charge in [0.2, 0.25) is 0 Å². The molecule has 0 amide bonds. The van der Waals surface area contributed by atoms with Crippen molar-refractivity contribution < 1.29 is 54.7 Å². The van der Waals surface area contributed by atoms with E-state index >= 15 is 0 Å². The molecule has 0 heterocycles. The number of aryl methyl sites for hydroxylation is 1. The van der Waals surface area contributed by atoms with Gasteiger partial charge in [-0.3, -0.25) is 4.79 Å². The summed E-state index contributed by atoms with van der Waals surface area (Å²) in [6.45, 7) is 1.93. The Bertz CT molecular complexity index is 1570. The first kappa shape index (κ1) is 29.8. The summed E-state index contributed by atoms with van der Waals surface area (Å²) in [7, 11) is -3.22. The Morgan fingerprint density at radius 3 is 2.00 bits per heavy atom. The second-order valence-corrected chi connectivity index (χ2v) is 9.82. The van der Waals surface area contributed by atoms with Crippen molar-refractivity contribution in [1.82, 2.24) is 0 Å². The molecule has 0 atom stereocenters. The van der Waals surface area contributed by atoms with Crippen molar-refractivity contribution >= 4 is 21.5 Å².